The lowest BCUT2D eigenvalue weighted by Crippen LogP contribution is -2.26. The molecule has 0 saturated heterocycles. The van der Waals surface area contributed by atoms with Crippen molar-refractivity contribution in [2.24, 2.45) is 0 Å². The molecule has 2 heterocycles. The Hall–Kier alpha value is -3.89. The van der Waals surface area contributed by atoms with Crippen molar-refractivity contribution in [1.29, 1.82) is 0 Å². The van der Waals surface area contributed by atoms with E-state index in [1.807, 2.05) is 6.07 Å². The molecule has 0 saturated carbocycles. The first-order chi connectivity index (χ1) is 14.9. The Morgan fingerprint density at radius 1 is 1.29 bits per heavy atom. The highest BCUT2D eigenvalue weighted by Crippen LogP contribution is 2.34. The molecule has 1 aliphatic rings. The summed E-state index contributed by atoms with van der Waals surface area (Å²) in [5.41, 5.74) is 4.01. The SMILES string of the molecule is C#CCN(C)C(=O)c1ccc(Nc2ncc3c(n2)-c2ccc(Cl)cc2NC(=O)C3)cc1. The molecule has 2 N–H and O–H groups in total. The fourth-order valence-electron chi connectivity index (χ4n) is 3.28. The summed E-state index contributed by atoms with van der Waals surface area (Å²) < 4.78 is 0. The van der Waals surface area contributed by atoms with E-state index in [-0.39, 0.29) is 24.8 Å². The van der Waals surface area contributed by atoms with Crippen LogP contribution in [-0.4, -0.2) is 40.3 Å². The van der Waals surface area contributed by atoms with Crippen LogP contribution in [0, 0.1) is 12.3 Å². The standard InChI is InChI=1S/C23H18ClN5O2/c1-3-10-29(2)22(31)14-4-7-17(8-5-14)26-23-25-13-15-11-20(30)27-19-12-16(24)6-9-18(19)21(15)28-23/h1,4-9,12-13H,10-11H2,2H3,(H,27,30)(H,25,26,28). The van der Waals surface area contributed by atoms with Crippen LogP contribution in [0.2, 0.25) is 5.02 Å². The number of amides is 2. The van der Waals surface area contributed by atoms with E-state index in [0.29, 0.717) is 27.9 Å². The number of anilines is 3. The van der Waals surface area contributed by atoms with Gasteiger partial charge in [-0.25, -0.2) is 9.97 Å². The molecule has 2 amide bonds. The van der Waals surface area contributed by atoms with Gasteiger partial charge < -0.3 is 15.5 Å². The Kier molecular flexibility index (Phi) is 5.56. The molecule has 4 rings (SSSR count). The molecule has 1 aromatic heterocycles. The number of fused-ring (bicyclic) bond motifs is 3. The maximum absolute atomic E-state index is 12.3. The first kappa shape index (κ1) is 20.4. The largest absolute Gasteiger partial charge is 0.331 e. The number of nitrogens with one attached hydrogen (secondary N) is 2. The van der Waals surface area contributed by atoms with Crippen LogP contribution in [0.25, 0.3) is 11.3 Å². The maximum Gasteiger partial charge on any atom is 0.254 e. The number of carbonyl (C=O) groups is 2. The van der Waals surface area contributed by atoms with Crippen molar-refractivity contribution in [3.63, 3.8) is 0 Å². The molecular weight excluding hydrogens is 414 g/mol. The van der Waals surface area contributed by atoms with Crippen LogP contribution in [0.3, 0.4) is 0 Å². The lowest BCUT2D eigenvalue weighted by atomic mass is 10.1. The average molecular weight is 432 g/mol. The van der Waals surface area contributed by atoms with Gasteiger partial charge in [0.1, 0.15) is 0 Å². The van der Waals surface area contributed by atoms with Crippen LogP contribution < -0.4 is 10.6 Å². The Morgan fingerprint density at radius 2 is 2.06 bits per heavy atom. The van der Waals surface area contributed by atoms with E-state index in [4.69, 9.17) is 18.0 Å². The van der Waals surface area contributed by atoms with E-state index < -0.39 is 0 Å². The Bertz CT molecular complexity index is 1220. The van der Waals surface area contributed by atoms with Crippen molar-refractivity contribution in [3.05, 3.63) is 64.8 Å². The molecule has 0 aliphatic carbocycles. The van der Waals surface area contributed by atoms with E-state index in [1.54, 1.807) is 49.6 Å². The summed E-state index contributed by atoms with van der Waals surface area (Å²) in [6.07, 6.45) is 7.07. The summed E-state index contributed by atoms with van der Waals surface area (Å²) in [7, 11) is 1.66. The van der Waals surface area contributed by atoms with Crippen molar-refractivity contribution in [1.82, 2.24) is 14.9 Å². The molecule has 3 aromatic rings. The van der Waals surface area contributed by atoms with Crippen LogP contribution in [-0.2, 0) is 11.2 Å². The fraction of sp³-hybridized carbons (Fsp3) is 0.130. The van der Waals surface area contributed by atoms with Gasteiger partial charge in [-0.1, -0.05) is 17.5 Å². The molecule has 154 valence electrons. The van der Waals surface area contributed by atoms with Crippen LogP contribution in [0.4, 0.5) is 17.3 Å². The zero-order valence-electron chi connectivity index (χ0n) is 16.6. The number of halogens is 1. The predicted octanol–water partition coefficient (Wildman–Crippen LogP) is 3.74. The van der Waals surface area contributed by atoms with E-state index in [9.17, 15) is 9.59 Å². The van der Waals surface area contributed by atoms with Gasteiger partial charge in [-0.3, -0.25) is 9.59 Å². The van der Waals surface area contributed by atoms with Gasteiger partial charge in [-0.05, 0) is 42.5 Å². The zero-order valence-corrected chi connectivity index (χ0v) is 17.4. The van der Waals surface area contributed by atoms with Gasteiger partial charge in [-0.2, -0.15) is 0 Å². The minimum atomic E-state index is -0.154. The third kappa shape index (κ3) is 4.34. The number of rotatable bonds is 4. The zero-order chi connectivity index (χ0) is 22.0. The van der Waals surface area contributed by atoms with Gasteiger partial charge in [0.25, 0.3) is 5.91 Å². The van der Waals surface area contributed by atoms with E-state index in [1.165, 1.54) is 4.90 Å². The minimum Gasteiger partial charge on any atom is -0.331 e. The summed E-state index contributed by atoms with van der Waals surface area (Å²) in [5.74, 6) is 2.51. The molecule has 8 heteroatoms. The number of hydrogen-bond donors (Lipinski definition) is 2. The number of nitrogens with zero attached hydrogens (tertiary/aromatic N) is 3. The normalized spacial score (nSPS) is 12.0. The van der Waals surface area contributed by atoms with Crippen molar-refractivity contribution < 1.29 is 9.59 Å². The Morgan fingerprint density at radius 3 is 2.81 bits per heavy atom. The topological polar surface area (TPSA) is 87.2 Å². The highest BCUT2D eigenvalue weighted by atomic mass is 35.5. The van der Waals surface area contributed by atoms with Gasteiger partial charge in [0.15, 0.2) is 0 Å². The summed E-state index contributed by atoms with van der Waals surface area (Å²) in [6, 6.07) is 12.2. The summed E-state index contributed by atoms with van der Waals surface area (Å²) in [6.45, 7) is 0.242. The second kappa shape index (κ2) is 8.46. The first-order valence-corrected chi connectivity index (χ1v) is 9.84. The molecule has 7 nitrogen and oxygen atoms in total. The second-order valence-corrected chi connectivity index (χ2v) is 7.49. The van der Waals surface area contributed by atoms with Gasteiger partial charge in [0, 0.05) is 40.6 Å². The molecule has 0 bridgehead atoms. The van der Waals surface area contributed by atoms with Crippen LogP contribution >= 0.6 is 11.6 Å². The fourth-order valence-corrected chi connectivity index (χ4v) is 3.45. The molecule has 0 spiro atoms. The predicted molar refractivity (Wildman–Crippen MR) is 120 cm³/mol. The minimum absolute atomic E-state index is 0.151. The average Bonchev–Trinajstić information content (AvgIpc) is 2.88. The maximum atomic E-state index is 12.3. The van der Waals surface area contributed by atoms with Gasteiger partial charge in [-0.15, -0.1) is 6.42 Å². The van der Waals surface area contributed by atoms with Crippen LogP contribution in [0.5, 0.6) is 0 Å². The molecule has 2 aromatic carbocycles. The third-order valence-corrected chi connectivity index (χ3v) is 5.02. The Labute approximate surface area is 184 Å². The van der Waals surface area contributed by atoms with Crippen molar-refractivity contribution >= 4 is 40.7 Å². The first-order valence-electron chi connectivity index (χ1n) is 9.46. The summed E-state index contributed by atoms with van der Waals surface area (Å²) >= 11 is 6.08. The molecular formula is C23H18ClN5O2. The van der Waals surface area contributed by atoms with Gasteiger partial charge >= 0.3 is 0 Å². The van der Waals surface area contributed by atoms with Gasteiger partial charge in [0.05, 0.1) is 24.3 Å². The van der Waals surface area contributed by atoms with E-state index in [2.05, 4.69) is 26.5 Å². The quantitative estimate of drug-likeness (QED) is 0.614. The second-order valence-electron chi connectivity index (χ2n) is 7.05. The molecule has 1 aliphatic heterocycles. The number of carbonyl (C=O) groups excluding carboxylic acids is 2. The lowest BCUT2D eigenvalue weighted by molar-refractivity contribution is -0.115. The number of hydrogen-bond acceptors (Lipinski definition) is 5. The van der Waals surface area contributed by atoms with Crippen LogP contribution in [0.1, 0.15) is 15.9 Å². The highest BCUT2D eigenvalue weighted by Gasteiger charge is 2.21. The molecule has 0 unspecified atom stereocenters. The van der Waals surface area contributed by atoms with E-state index >= 15 is 0 Å². The molecule has 31 heavy (non-hydrogen) atoms. The number of aromatic nitrogens is 2. The van der Waals surface area contributed by atoms with Gasteiger partial charge in [0.2, 0.25) is 11.9 Å². The van der Waals surface area contributed by atoms with Crippen molar-refractivity contribution in [3.8, 4) is 23.6 Å². The smallest absolute Gasteiger partial charge is 0.254 e. The van der Waals surface area contributed by atoms with Crippen molar-refractivity contribution in [2.45, 2.75) is 6.42 Å². The third-order valence-electron chi connectivity index (χ3n) is 4.79. The van der Waals surface area contributed by atoms with Crippen molar-refractivity contribution in [2.75, 3.05) is 24.2 Å². The molecule has 0 atom stereocenters. The monoisotopic (exact) mass is 431 g/mol. The highest BCUT2D eigenvalue weighted by molar-refractivity contribution is 6.31. The number of benzene rings is 2. The molecule has 0 fully saturated rings. The van der Waals surface area contributed by atoms with E-state index in [0.717, 1.165) is 16.8 Å². The lowest BCUT2D eigenvalue weighted by Gasteiger charge is -2.14. The molecule has 0 radical (unpaired) electrons. The Balaban J connectivity index is 1.61. The van der Waals surface area contributed by atoms with Crippen LogP contribution in [0.15, 0.2) is 48.7 Å². The summed E-state index contributed by atoms with van der Waals surface area (Å²) in [5, 5.41) is 6.52. The number of terminal acetylenes is 1. The summed E-state index contributed by atoms with van der Waals surface area (Å²) in [4.78, 5) is 34.9.